The average molecular weight is 497 g/mol. The largest absolute Gasteiger partial charge is 0.336 e. The molecule has 0 bridgehead atoms. The van der Waals surface area contributed by atoms with E-state index in [0.29, 0.717) is 34.0 Å². The number of aromatic amines is 2. The molecule has 0 aliphatic rings. The Morgan fingerprint density at radius 1 is 1.14 bits per heavy atom. The number of imidazole rings is 1. The minimum absolute atomic E-state index is 0.0589. The molecular formula is C26H24N8OS. The first-order chi connectivity index (χ1) is 17.4. The van der Waals surface area contributed by atoms with Gasteiger partial charge in [-0.1, -0.05) is 13.8 Å². The van der Waals surface area contributed by atoms with Crippen LogP contribution in [0.4, 0.5) is 0 Å². The topological polar surface area (TPSA) is 125 Å². The van der Waals surface area contributed by atoms with Crippen LogP contribution in [0, 0.1) is 5.92 Å². The second kappa shape index (κ2) is 9.67. The monoisotopic (exact) mass is 496 g/mol. The van der Waals surface area contributed by atoms with Gasteiger partial charge in [-0.15, -0.1) is 0 Å². The Bertz CT molecular complexity index is 1640. The van der Waals surface area contributed by atoms with Crippen molar-refractivity contribution in [2.75, 3.05) is 0 Å². The number of allylic oxidation sites excluding steroid dienone is 3. The highest BCUT2D eigenvalue weighted by Gasteiger charge is 2.18. The number of nitrogens with zero attached hydrogens (tertiary/aromatic N) is 5. The summed E-state index contributed by atoms with van der Waals surface area (Å²) < 4.78 is 0. The smallest absolute Gasteiger partial charge is 0.226 e. The maximum Gasteiger partial charge on any atom is 0.226 e. The lowest BCUT2D eigenvalue weighted by Gasteiger charge is -2.09. The number of rotatable bonds is 7. The Morgan fingerprint density at radius 3 is 2.72 bits per heavy atom. The van der Waals surface area contributed by atoms with E-state index in [1.807, 2.05) is 56.5 Å². The number of fused-ring (bicyclic) bond motifs is 2. The van der Waals surface area contributed by atoms with Crippen LogP contribution in [0.5, 0.6) is 0 Å². The minimum Gasteiger partial charge on any atom is -0.336 e. The summed E-state index contributed by atoms with van der Waals surface area (Å²) in [7, 11) is 0. The molecule has 180 valence electrons. The van der Waals surface area contributed by atoms with Crippen LogP contribution in [-0.4, -0.2) is 42.8 Å². The van der Waals surface area contributed by atoms with E-state index >= 15 is 0 Å². The van der Waals surface area contributed by atoms with E-state index in [2.05, 4.69) is 42.6 Å². The minimum atomic E-state index is -0.125. The maximum absolute atomic E-state index is 12.1. The molecule has 0 saturated carbocycles. The van der Waals surface area contributed by atoms with Gasteiger partial charge in [0.05, 0.1) is 22.4 Å². The maximum atomic E-state index is 12.1. The number of H-pyrrole nitrogens is 2. The summed E-state index contributed by atoms with van der Waals surface area (Å²) in [5, 5.41) is 14.5. The molecule has 0 aromatic carbocycles. The molecule has 3 N–H and O–H groups in total. The molecule has 0 atom stereocenters. The van der Waals surface area contributed by atoms with Gasteiger partial charge in [-0.3, -0.25) is 19.9 Å². The number of pyridine rings is 2. The van der Waals surface area contributed by atoms with Gasteiger partial charge in [0.1, 0.15) is 11.0 Å². The van der Waals surface area contributed by atoms with Crippen molar-refractivity contribution in [1.29, 1.82) is 0 Å². The molecule has 5 aromatic heterocycles. The third-order valence-corrected chi connectivity index (χ3v) is 6.25. The normalized spacial score (nSPS) is 12.6. The van der Waals surface area contributed by atoms with Gasteiger partial charge in [-0.2, -0.15) is 16.4 Å². The van der Waals surface area contributed by atoms with Crippen LogP contribution in [0.3, 0.4) is 0 Å². The Kier molecular flexibility index (Phi) is 6.26. The molecule has 9 nitrogen and oxygen atoms in total. The highest BCUT2D eigenvalue weighted by Crippen LogP contribution is 2.31. The number of carbonyl (C=O) groups excluding carboxylic acids is 1. The summed E-state index contributed by atoms with van der Waals surface area (Å²) >= 11 is 1.62. The molecule has 5 heterocycles. The van der Waals surface area contributed by atoms with Gasteiger partial charge in [0.2, 0.25) is 5.91 Å². The van der Waals surface area contributed by atoms with Gasteiger partial charge in [-0.05, 0) is 49.4 Å². The lowest BCUT2D eigenvalue weighted by Crippen LogP contribution is -2.25. The zero-order valence-electron chi connectivity index (χ0n) is 20.0. The molecule has 5 aromatic rings. The third-order valence-electron chi connectivity index (χ3n) is 5.57. The third kappa shape index (κ3) is 4.46. The van der Waals surface area contributed by atoms with Crippen LogP contribution in [0.2, 0.25) is 0 Å². The Morgan fingerprint density at radius 2 is 1.97 bits per heavy atom. The van der Waals surface area contributed by atoms with Gasteiger partial charge >= 0.3 is 0 Å². The van der Waals surface area contributed by atoms with E-state index in [9.17, 15) is 4.79 Å². The second-order valence-electron chi connectivity index (χ2n) is 8.56. The van der Waals surface area contributed by atoms with Crippen molar-refractivity contribution in [1.82, 2.24) is 35.5 Å². The second-order valence-corrected chi connectivity index (χ2v) is 9.34. The van der Waals surface area contributed by atoms with Crippen LogP contribution in [0.15, 0.2) is 64.2 Å². The number of aliphatic imine (C=N–C) groups is 1. The Hall–Kier alpha value is -4.44. The molecule has 0 aliphatic carbocycles. The number of hydrogen-bond donors (Lipinski definition) is 3. The average Bonchev–Trinajstić information content (AvgIpc) is 3.62. The Balaban J connectivity index is 1.56. The summed E-state index contributed by atoms with van der Waals surface area (Å²) in [6, 6.07) is 7.69. The van der Waals surface area contributed by atoms with Crippen molar-refractivity contribution in [2.45, 2.75) is 20.8 Å². The van der Waals surface area contributed by atoms with Crippen molar-refractivity contribution < 1.29 is 4.79 Å². The standard InChI is InChI=1S/C26H24N8OS/c1-14(2)26(35)29-15(3)11-17(12-27-4)18-5-6-20-23(30-18)24(34-33-20)25-31-19-7-9-28-21(22(19)32-25)16-8-10-36-13-16/h5-14H,4H2,1-3H3,(H,29,35)(H,31,32)(H,33,34)/b15-11+,17-12+. The van der Waals surface area contributed by atoms with Crippen LogP contribution in [-0.2, 0) is 4.79 Å². The molecule has 10 heteroatoms. The van der Waals surface area contributed by atoms with Gasteiger partial charge in [0, 0.05) is 40.5 Å². The fraction of sp³-hybridized carbons (Fsp3) is 0.154. The first-order valence-corrected chi connectivity index (χ1v) is 12.3. The SMILES string of the molecule is C=N/C=C(\C=C(/C)NC(=O)C(C)C)c1ccc2[nH]nc(-c3nc4c(-c5ccsc5)nccc4[nH]3)c2n1. The molecule has 0 saturated heterocycles. The van der Waals surface area contributed by atoms with Crippen LogP contribution in [0.25, 0.3) is 50.4 Å². The first kappa shape index (κ1) is 23.3. The predicted molar refractivity (Wildman–Crippen MR) is 144 cm³/mol. The van der Waals surface area contributed by atoms with Crippen molar-refractivity contribution in [3.63, 3.8) is 0 Å². The fourth-order valence-corrected chi connectivity index (χ4v) is 4.41. The number of nitrogens with one attached hydrogen (secondary N) is 3. The zero-order valence-corrected chi connectivity index (χ0v) is 20.8. The molecule has 0 aliphatic heterocycles. The molecular weight excluding hydrogens is 472 g/mol. The van der Waals surface area contributed by atoms with Crippen LogP contribution >= 0.6 is 11.3 Å². The predicted octanol–water partition coefficient (Wildman–Crippen LogP) is 5.34. The number of carbonyl (C=O) groups is 1. The summed E-state index contributed by atoms with van der Waals surface area (Å²) in [6.45, 7) is 9.10. The fourth-order valence-electron chi connectivity index (χ4n) is 3.77. The van der Waals surface area contributed by atoms with E-state index in [4.69, 9.17) is 9.97 Å². The van der Waals surface area contributed by atoms with Gasteiger partial charge in [0.15, 0.2) is 11.5 Å². The lowest BCUT2D eigenvalue weighted by molar-refractivity contribution is -0.123. The molecule has 0 spiro atoms. The first-order valence-electron chi connectivity index (χ1n) is 11.3. The zero-order chi connectivity index (χ0) is 25.2. The molecule has 0 unspecified atom stereocenters. The lowest BCUT2D eigenvalue weighted by atomic mass is 10.1. The van der Waals surface area contributed by atoms with E-state index in [0.717, 1.165) is 27.8 Å². The van der Waals surface area contributed by atoms with Crippen LogP contribution < -0.4 is 5.32 Å². The molecule has 0 radical (unpaired) electrons. The summed E-state index contributed by atoms with van der Waals surface area (Å²) in [5.74, 6) is 0.408. The van der Waals surface area contributed by atoms with Crippen LogP contribution in [0.1, 0.15) is 26.5 Å². The number of hydrogen-bond acceptors (Lipinski definition) is 7. The molecule has 1 amide bonds. The molecule has 36 heavy (non-hydrogen) atoms. The van der Waals surface area contributed by atoms with Crippen molar-refractivity contribution >= 4 is 51.6 Å². The number of amides is 1. The highest BCUT2D eigenvalue weighted by atomic mass is 32.1. The van der Waals surface area contributed by atoms with E-state index in [-0.39, 0.29) is 11.8 Å². The van der Waals surface area contributed by atoms with Gasteiger partial charge in [-0.25, -0.2) is 9.97 Å². The molecule has 0 fully saturated rings. The van der Waals surface area contributed by atoms with E-state index in [1.165, 1.54) is 0 Å². The summed E-state index contributed by atoms with van der Waals surface area (Å²) in [4.78, 5) is 33.6. The van der Waals surface area contributed by atoms with E-state index < -0.39 is 0 Å². The summed E-state index contributed by atoms with van der Waals surface area (Å²) in [5.41, 5.74) is 7.54. The van der Waals surface area contributed by atoms with Gasteiger partial charge in [0.25, 0.3) is 0 Å². The number of aromatic nitrogens is 6. The Labute approximate surface area is 211 Å². The summed E-state index contributed by atoms with van der Waals surface area (Å²) in [6.07, 6.45) is 5.20. The van der Waals surface area contributed by atoms with Crippen molar-refractivity contribution in [3.05, 3.63) is 64.9 Å². The van der Waals surface area contributed by atoms with Gasteiger partial charge < -0.3 is 10.3 Å². The highest BCUT2D eigenvalue weighted by molar-refractivity contribution is 7.08. The van der Waals surface area contributed by atoms with Crippen molar-refractivity contribution in [3.8, 4) is 22.8 Å². The van der Waals surface area contributed by atoms with E-state index in [1.54, 1.807) is 23.7 Å². The van der Waals surface area contributed by atoms with Crippen molar-refractivity contribution in [2.24, 2.45) is 10.9 Å². The number of thiophene rings is 1. The molecule has 5 rings (SSSR count). The quantitative estimate of drug-likeness (QED) is 0.207.